The highest BCUT2D eigenvalue weighted by molar-refractivity contribution is 6.08. The number of amides is 1. The molecule has 6 heteroatoms. The standard InChI is InChI=1S/C21H21N5O/c1-4-18-16(10-22)11(2)12(3)20(26-18)21(27)25-14-7-8-17(23)15(9-14)19(24)13-5-6-13/h4,7-9,13,24H,1,5-6,23H2,2-3H3,(H,25,27). The first kappa shape index (κ1) is 18.3. The van der Waals surface area contributed by atoms with Crippen LogP contribution in [0.5, 0.6) is 0 Å². The van der Waals surface area contributed by atoms with Gasteiger partial charge in [-0.25, -0.2) is 4.98 Å². The van der Waals surface area contributed by atoms with Gasteiger partial charge in [0, 0.05) is 28.6 Å². The summed E-state index contributed by atoms with van der Waals surface area (Å²) >= 11 is 0. The fraction of sp³-hybridized carbons (Fsp3) is 0.238. The van der Waals surface area contributed by atoms with Gasteiger partial charge in [0.2, 0.25) is 0 Å². The van der Waals surface area contributed by atoms with E-state index in [0.717, 1.165) is 12.8 Å². The average molecular weight is 359 g/mol. The molecular formula is C21H21N5O. The largest absolute Gasteiger partial charge is 0.398 e. The van der Waals surface area contributed by atoms with Crippen molar-refractivity contribution in [1.82, 2.24) is 4.98 Å². The molecule has 27 heavy (non-hydrogen) atoms. The number of aromatic nitrogens is 1. The third-order valence-electron chi connectivity index (χ3n) is 4.89. The number of nitrogens with zero attached hydrogens (tertiary/aromatic N) is 2. The van der Waals surface area contributed by atoms with Crippen molar-refractivity contribution < 1.29 is 4.79 Å². The molecule has 3 rings (SSSR count). The van der Waals surface area contributed by atoms with Crippen LogP contribution < -0.4 is 11.1 Å². The maximum Gasteiger partial charge on any atom is 0.274 e. The van der Waals surface area contributed by atoms with Gasteiger partial charge in [0.05, 0.1) is 11.3 Å². The molecule has 136 valence electrons. The van der Waals surface area contributed by atoms with Gasteiger partial charge in [0.1, 0.15) is 11.8 Å². The van der Waals surface area contributed by atoms with Crippen LogP contribution >= 0.6 is 0 Å². The van der Waals surface area contributed by atoms with Crippen LogP contribution in [-0.2, 0) is 0 Å². The van der Waals surface area contributed by atoms with E-state index in [0.29, 0.717) is 45.0 Å². The van der Waals surface area contributed by atoms with E-state index in [1.165, 1.54) is 6.08 Å². The molecule has 0 bridgehead atoms. The Labute approximate surface area is 158 Å². The van der Waals surface area contributed by atoms with E-state index in [1.54, 1.807) is 32.0 Å². The minimum Gasteiger partial charge on any atom is -0.398 e. The number of nitriles is 1. The van der Waals surface area contributed by atoms with Crippen molar-refractivity contribution in [2.45, 2.75) is 26.7 Å². The summed E-state index contributed by atoms with van der Waals surface area (Å²) in [5, 5.41) is 20.4. The van der Waals surface area contributed by atoms with Crippen molar-refractivity contribution in [3.63, 3.8) is 0 Å². The van der Waals surface area contributed by atoms with Crippen LogP contribution in [0.3, 0.4) is 0 Å². The quantitative estimate of drug-likeness (QED) is 0.556. The maximum absolute atomic E-state index is 12.8. The van der Waals surface area contributed by atoms with Gasteiger partial charge in [0.15, 0.2) is 0 Å². The van der Waals surface area contributed by atoms with Crippen molar-refractivity contribution >= 4 is 29.1 Å². The summed E-state index contributed by atoms with van der Waals surface area (Å²) in [5.41, 5.74) is 10.7. The Morgan fingerprint density at radius 2 is 2.11 bits per heavy atom. The van der Waals surface area contributed by atoms with Gasteiger partial charge in [-0.3, -0.25) is 4.79 Å². The van der Waals surface area contributed by atoms with E-state index >= 15 is 0 Å². The number of carbonyl (C=O) groups excluding carboxylic acids is 1. The van der Waals surface area contributed by atoms with Crippen LogP contribution in [0.25, 0.3) is 6.08 Å². The molecule has 1 aliphatic carbocycles. The molecule has 6 nitrogen and oxygen atoms in total. The van der Waals surface area contributed by atoms with Crippen LogP contribution in [0.2, 0.25) is 0 Å². The summed E-state index contributed by atoms with van der Waals surface area (Å²) in [5.74, 6) is -0.115. The maximum atomic E-state index is 12.8. The normalized spacial score (nSPS) is 12.9. The topological polar surface area (TPSA) is 116 Å². The Bertz CT molecular complexity index is 1010. The van der Waals surface area contributed by atoms with Crippen molar-refractivity contribution in [2.75, 3.05) is 11.1 Å². The Hall–Kier alpha value is -3.46. The molecule has 1 heterocycles. The number of hydrogen-bond donors (Lipinski definition) is 3. The number of nitrogens with two attached hydrogens (primary N) is 1. The predicted octanol–water partition coefficient (Wildman–Crippen LogP) is 3.83. The van der Waals surface area contributed by atoms with Crippen LogP contribution in [-0.4, -0.2) is 16.6 Å². The monoisotopic (exact) mass is 359 g/mol. The van der Waals surface area contributed by atoms with Gasteiger partial charge in [-0.05, 0) is 62.1 Å². The first-order chi connectivity index (χ1) is 12.9. The highest BCUT2D eigenvalue weighted by Gasteiger charge is 2.28. The lowest BCUT2D eigenvalue weighted by Gasteiger charge is -2.14. The second-order valence-corrected chi connectivity index (χ2v) is 6.73. The molecule has 1 aromatic heterocycles. The third kappa shape index (κ3) is 3.44. The number of anilines is 2. The summed E-state index contributed by atoms with van der Waals surface area (Å²) in [7, 11) is 0. The lowest BCUT2D eigenvalue weighted by atomic mass is 10.0. The van der Waals surface area contributed by atoms with Gasteiger partial charge in [-0.15, -0.1) is 0 Å². The number of nitrogens with one attached hydrogen (secondary N) is 2. The molecule has 1 amide bonds. The highest BCUT2D eigenvalue weighted by Crippen LogP contribution is 2.34. The Morgan fingerprint density at radius 3 is 2.70 bits per heavy atom. The Morgan fingerprint density at radius 1 is 1.41 bits per heavy atom. The fourth-order valence-electron chi connectivity index (χ4n) is 2.98. The Balaban J connectivity index is 1.93. The van der Waals surface area contributed by atoms with Gasteiger partial charge < -0.3 is 16.5 Å². The molecular weight excluding hydrogens is 338 g/mol. The van der Waals surface area contributed by atoms with E-state index in [2.05, 4.69) is 22.9 Å². The lowest BCUT2D eigenvalue weighted by Crippen LogP contribution is -2.18. The molecule has 0 unspecified atom stereocenters. The predicted molar refractivity (Wildman–Crippen MR) is 107 cm³/mol. The zero-order valence-corrected chi connectivity index (χ0v) is 15.4. The summed E-state index contributed by atoms with van der Waals surface area (Å²) in [6, 6.07) is 7.24. The van der Waals surface area contributed by atoms with E-state index in [1.807, 2.05) is 0 Å². The molecule has 1 aromatic carbocycles. The summed E-state index contributed by atoms with van der Waals surface area (Å²) in [6.07, 6.45) is 3.49. The number of benzene rings is 1. The SMILES string of the molecule is C=Cc1nc(C(=O)Nc2ccc(N)c(C(=N)C3CC3)c2)c(C)c(C)c1C#N. The zero-order valence-electron chi connectivity index (χ0n) is 15.4. The van der Waals surface area contributed by atoms with Crippen molar-refractivity contribution in [3.8, 4) is 6.07 Å². The number of carbonyl (C=O) groups is 1. The van der Waals surface area contributed by atoms with Gasteiger partial charge in [0.25, 0.3) is 5.91 Å². The van der Waals surface area contributed by atoms with Gasteiger partial charge in [-0.2, -0.15) is 5.26 Å². The number of rotatable bonds is 5. The van der Waals surface area contributed by atoms with E-state index < -0.39 is 0 Å². The van der Waals surface area contributed by atoms with E-state index in [4.69, 9.17) is 11.1 Å². The van der Waals surface area contributed by atoms with Crippen LogP contribution in [0.4, 0.5) is 11.4 Å². The van der Waals surface area contributed by atoms with E-state index in [9.17, 15) is 10.1 Å². The molecule has 0 radical (unpaired) electrons. The first-order valence-corrected chi connectivity index (χ1v) is 8.70. The summed E-state index contributed by atoms with van der Waals surface area (Å²) in [4.78, 5) is 17.1. The summed E-state index contributed by atoms with van der Waals surface area (Å²) < 4.78 is 0. The van der Waals surface area contributed by atoms with Gasteiger partial charge >= 0.3 is 0 Å². The van der Waals surface area contributed by atoms with Crippen LogP contribution in [0, 0.1) is 36.5 Å². The molecule has 0 spiro atoms. The lowest BCUT2D eigenvalue weighted by molar-refractivity contribution is 0.102. The fourth-order valence-corrected chi connectivity index (χ4v) is 2.98. The molecule has 4 N–H and O–H groups in total. The van der Waals surface area contributed by atoms with E-state index in [-0.39, 0.29) is 17.5 Å². The first-order valence-electron chi connectivity index (χ1n) is 8.70. The second-order valence-electron chi connectivity index (χ2n) is 6.73. The molecule has 1 aliphatic rings. The molecule has 2 aromatic rings. The molecule has 0 saturated heterocycles. The second kappa shape index (κ2) is 7.04. The number of pyridine rings is 1. The smallest absolute Gasteiger partial charge is 0.274 e. The van der Waals surface area contributed by atoms with Crippen LogP contribution in [0.15, 0.2) is 24.8 Å². The summed E-state index contributed by atoms with van der Waals surface area (Å²) in [6.45, 7) is 7.23. The molecule has 1 fully saturated rings. The minimum absolute atomic E-state index is 0.247. The van der Waals surface area contributed by atoms with Crippen molar-refractivity contribution in [3.05, 3.63) is 58.4 Å². The van der Waals surface area contributed by atoms with Crippen LogP contribution in [0.1, 0.15) is 51.3 Å². The molecule has 0 aliphatic heterocycles. The number of hydrogen-bond acceptors (Lipinski definition) is 5. The van der Waals surface area contributed by atoms with Crippen molar-refractivity contribution in [1.29, 1.82) is 10.7 Å². The molecule has 1 saturated carbocycles. The van der Waals surface area contributed by atoms with Crippen molar-refractivity contribution in [2.24, 2.45) is 5.92 Å². The van der Waals surface area contributed by atoms with Gasteiger partial charge in [-0.1, -0.05) is 6.58 Å². The third-order valence-corrected chi connectivity index (χ3v) is 4.89. The Kier molecular flexibility index (Phi) is 4.78. The highest BCUT2D eigenvalue weighted by atomic mass is 16.1. The zero-order chi connectivity index (χ0) is 19.7. The number of nitrogen functional groups attached to an aromatic ring is 1. The average Bonchev–Trinajstić information content (AvgIpc) is 3.49. The molecule has 0 atom stereocenters. The minimum atomic E-state index is -0.378.